The third-order valence-corrected chi connectivity index (χ3v) is 3.06. The lowest BCUT2D eigenvalue weighted by Crippen LogP contribution is -2.14. The number of hydrogen-bond donors (Lipinski definition) is 1. The second kappa shape index (κ2) is 2.40. The van der Waals surface area contributed by atoms with Gasteiger partial charge in [-0.2, -0.15) is 0 Å². The monoisotopic (exact) mass is 242 g/mol. The van der Waals surface area contributed by atoms with Crippen molar-refractivity contribution < 1.29 is 0 Å². The molecular weight excluding hydrogens is 236 g/mol. The molecule has 0 saturated heterocycles. The van der Waals surface area contributed by atoms with Gasteiger partial charge in [0.1, 0.15) is 0 Å². The molecule has 3 heteroatoms. The van der Waals surface area contributed by atoms with Crippen LogP contribution in [0.15, 0.2) is 6.07 Å². The second-order valence-corrected chi connectivity index (χ2v) is 4.16. The van der Waals surface area contributed by atoms with Gasteiger partial charge in [0.2, 0.25) is 0 Å². The average Bonchev–Trinajstić information content (AvgIpc) is 2.27. The zero-order valence-corrected chi connectivity index (χ0v) is 7.77. The van der Waals surface area contributed by atoms with E-state index in [-0.39, 0.29) is 20.5 Å². The van der Waals surface area contributed by atoms with Gasteiger partial charge in [-0.3, -0.25) is 0 Å². The lowest BCUT2D eigenvalue weighted by molar-refractivity contribution is 1.29. The van der Waals surface area contributed by atoms with Gasteiger partial charge in [-0.05, 0) is 30.2 Å². The van der Waals surface area contributed by atoms with Crippen LogP contribution in [0.3, 0.4) is 0 Å². The van der Waals surface area contributed by atoms with Gasteiger partial charge < -0.3 is 4.98 Å². The third kappa shape index (κ3) is 0.996. The average molecular weight is 242 g/mol. The molecule has 0 aromatic carbocycles. The van der Waals surface area contributed by atoms with Crippen molar-refractivity contribution in [1.82, 2.24) is 4.98 Å². The smallest absolute Gasteiger partial charge is 0.265 e. The van der Waals surface area contributed by atoms with Gasteiger partial charge in [-0.25, -0.2) is 0 Å². The third-order valence-electron chi connectivity index (χ3n) is 1.45. The number of aromatic amines is 1. The Hall–Kier alpha value is -0.275. The Balaban J connectivity index is 2.61. The van der Waals surface area contributed by atoms with Crippen molar-refractivity contribution in [3.05, 3.63) is 17.3 Å². The van der Waals surface area contributed by atoms with E-state index in [0.717, 1.165) is 0 Å². The van der Waals surface area contributed by atoms with Crippen LogP contribution in [0.1, 0.15) is 11.3 Å². The summed E-state index contributed by atoms with van der Waals surface area (Å²) < 4.78 is 3.26. The highest BCUT2D eigenvalue weighted by molar-refractivity contribution is 14.2. The highest BCUT2D eigenvalue weighted by Gasteiger charge is 2.05. The van der Waals surface area contributed by atoms with E-state index in [4.69, 9.17) is 0 Å². The van der Waals surface area contributed by atoms with Crippen molar-refractivity contribution in [1.29, 1.82) is 0 Å². The number of fused-ring (bicyclic) bond motifs is 1. The van der Waals surface area contributed by atoms with E-state index in [1.54, 1.807) is 0 Å². The molecule has 0 aliphatic carbocycles. The summed E-state index contributed by atoms with van der Waals surface area (Å²) in [7, 11) is 0. The van der Waals surface area contributed by atoms with E-state index in [2.05, 4.69) is 32.9 Å². The zero-order chi connectivity index (χ0) is 6.97. The maximum Gasteiger partial charge on any atom is 0.265 e. The molecule has 0 unspecified atom stereocenters. The minimum Gasteiger partial charge on any atom is -0.370 e. The molecule has 49 valence electrons. The summed E-state index contributed by atoms with van der Waals surface area (Å²) in [5.74, 6) is 0. The highest BCUT2D eigenvalue weighted by Crippen LogP contribution is 2.06. The molecule has 0 amide bonds. The van der Waals surface area contributed by atoms with E-state index in [0.29, 0.717) is 0 Å². The molecule has 1 aromatic heterocycles. The van der Waals surface area contributed by atoms with Gasteiger partial charge in [-0.1, -0.05) is 3.67 Å². The number of aryl methyl sites for hydroxylation is 1. The van der Waals surface area contributed by atoms with Gasteiger partial charge in [0.15, 0.2) is 0 Å². The fraction of sp³-hybridized carbons (Fsp3) is 0.143. The summed E-state index contributed by atoms with van der Waals surface area (Å²) in [5, 5.41) is 2.27. The fourth-order valence-corrected chi connectivity index (χ4v) is 2.54. The lowest BCUT2D eigenvalue weighted by atomic mass is 10.00. The maximum absolute atomic E-state index is 3.30. The van der Waals surface area contributed by atoms with Crippen LogP contribution in [0.25, 0.3) is 6.08 Å². The van der Waals surface area contributed by atoms with Crippen LogP contribution in [-0.2, 0) is 0 Å². The van der Waals surface area contributed by atoms with Gasteiger partial charge in [0, 0.05) is 5.69 Å². The van der Waals surface area contributed by atoms with E-state index >= 15 is 0 Å². The quantitative estimate of drug-likeness (QED) is 0.515. The summed E-state index contributed by atoms with van der Waals surface area (Å²) in [6, 6.07) is 2.15. The Morgan fingerprint density at radius 1 is 1.70 bits per heavy atom. The van der Waals surface area contributed by atoms with Crippen molar-refractivity contribution in [2.75, 3.05) is 0 Å². The SMILES string of the molecule is Cc1cc2c([nH]1)[B]I=C=C2. The Morgan fingerprint density at radius 3 is 3.40 bits per heavy atom. The van der Waals surface area contributed by atoms with Gasteiger partial charge in [0.25, 0.3) is 5.14 Å². The van der Waals surface area contributed by atoms with Gasteiger partial charge >= 0.3 is 0 Å². The molecule has 0 atom stereocenters. The Bertz CT molecular complexity index is 320. The Labute approximate surface area is 70.3 Å². The molecule has 1 aliphatic heterocycles. The van der Waals surface area contributed by atoms with Crippen LogP contribution in [-0.4, -0.2) is 13.8 Å². The molecule has 2 heterocycles. The van der Waals surface area contributed by atoms with Gasteiger partial charge in [-0.15, -0.1) is 20.5 Å². The number of rotatable bonds is 0. The van der Waals surface area contributed by atoms with Crippen LogP contribution in [0.5, 0.6) is 0 Å². The van der Waals surface area contributed by atoms with Crippen LogP contribution in [0.4, 0.5) is 0 Å². The van der Waals surface area contributed by atoms with Crippen LogP contribution in [0, 0.1) is 6.92 Å². The first kappa shape index (κ1) is 6.44. The summed E-state index contributed by atoms with van der Waals surface area (Å²) in [6.07, 6.45) is 2.09. The van der Waals surface area contributed by atoms with Crippen LogP contribution in [0.2, 0.25) is 0 Å². The van der Waals surface area contributed by atoms with Crippen molar-refractivity contribution in [2.24, 2.45) is 0 Å². The standard InChI is InChI=1S/C7H6BIN/c1-5-4-6-2-3-9-8-7(6)10-5/h2,4,10H,1H3. The van der Waals surface area contributed by atoms with Crippen molar-refractivity contribution >= 4 is 41.0 Å². The molecule has 10 heavy (non-hydrogen) atoms. The molecule has 0 spiro atoms. The zero-order valence-electron chi connectivity index (χ0n) is 5.61. The highest BCUT2D eigenvalue weighted by atomic mass is 127. The normalized spacial score (nSPS) is 13.7. The molecule has 0 saturated carbocycles. The fourth-order valence-electron chi connectivity index (χ4n) is 1.02. The lowest BCUT2D eigenvalue weighted by Gasteiger charge is -1.93. The molecule has 2 rings (SSSR count). The molecule has 1 aromatic rings. The predicted octanol–water partition coefficient (Wildman–Crippen LogP) is 0.966. The summed E-state index contributed by atoms with van der Waals surface area (Å²) in [4.78, 5) is 3.30. The summed E-state index contributed by atoms with van der Waals surface area (Å²) >= 11 is 0.0773. The minimum atomic E-state index is 0.0773. The number of aromatic nitrogens is 1. The molecule has 1 N–H and O–H groups in total. The molecular formula is C7H6BIN. The minimum absolute atomic E-state index is 0.0773. The van der Waals surface area contributed by atoms with Crippen molar-refractivity contribution in [3.63, 3.8) is 0 Å². The summed E-state index contributed by atoms with van der Waals surface area (Å²) in [5.41, 5.74) is 3.83. The van der Waals surface area contributed by atoms with E-state index in [9.17, 15) is 0 Å². The van der Waals surface area contributed by atoms with E-state index < -0.39 is 0 Å². The topological polar surface area (TPSA) is 15.8 Å². The molecule has 0 fully saturated rings. The first-order valence-corrected chi connectivity index (χ1v) is 5.42. The predicted molar refractivity (Wildman–Crippen MR) is 54.4 cm³/mol. The molecule has 1 aliphatic rings. The molecule has 1 nitrogen and oxygen atoms in total. The number of halogens is 1. The van der Waals surface area contributed by atoms with Crippen LogP contribution < -0.4 is 5.59 Å². The van der Waals surface area contributed by atoms with Crippen molar-refractivity contribution in [3.8, 4) is 0 Å². The Morgan fingerprint density at radius 2 is 2.60 bits per heavy atom. The molecule has 0 bridgehead atoms. The second-order valence-electron chi connectivity index (χ2n) is 2.29. The van der Waals surface area contributed by atoms with Crippen LogP contribution >= 0.6 is 20.5 Å². The number of hydrogen-bond acceptors (Lipinski definition) is 0. The number of H-pyrrole nitrogens is 1. The largest absolute Gasteiger partial charge is 0.370 e. The van der Waals surface area contributed by atoms with Crippen molar-refractivity contribution in [2.45, 2.75) is 6.92 Å². The first-order chi connectivity index (χ1) is 4.86. The summed E-state index contributed by atoms with van der Waals surface area (Å²) in [6.45, 7) is 2.08. The van der Waals surface area contributed by atoms with E-state index in [1.807, 2.05) is 0 Å². The van der Waals surface area contributed by atoms with Gasteiger partial charge in [0.05, 0.1) is 0 Å². The maximum atomic E-state index is 3.30. The first-order valence-electron chi connectivity index (χ1n) is 3.10. The Kier molecular flexibility index (Phi) is 1.55. The number of nitrogens with one attached hydrogen (secondary N) is 1. The molecule has 1 radical (unpaired) electrons. The van der Waals surface area contributed by atoms with E-state index in [1.165, 1.54) is 16.9 Å².